The van der Waals surface area contributed by atoms with Crippen molar-refractivity contribution >= 4 is 54.9 Å². The Morgan fingerprint density at radius 1 is 0.448 bits per heavy atom. The van der Waals surface area contributed by atoms with Crippen LogP contribution in [0.3, 0.4) is 0 Å². The van der Waals surface area contributed by atoms with Gasteiger partial charge in [-0.2, -0.15) is 0 Å². The number of anilines is 2. The first kappa shape index (κ1) is 32.6. The monoisotopic (exact) mass is 742 g/mol. The Balaban J connectivity index is 1.03. The van der Waals surface area contributed by atoms with Gasteiger partial charge in [-0.3, -0.25) is 0 Å². The largest absolute Gasteiger partial charge is 0.456 e. The standard InChI is InChI=1S/C53H34N4O/c1-3-14-33(15-4-1)51-54-52(36-26-29-47-44(31-36)41-22-11-12-24-46(41)57(47)37-18-5-2-6-19-37)56-53(55-51)43-28-27-40(38-20-9-10-21-39(38)43)42-23-13-25-48-50(42)45-30-34-16-7-8-17-35(34)32-49(45)58-48/h1-32,41,46H. The summed E-state index contributed by atoms with van der Waals surface area (Å²) < 4.78 is 6.49. The predicted molar refractivity (Wildman–Crippen MR) is 237 cm³/mol. The number of para-hydroxylation sites is 1. The van der Waals surface area contributed by atoms with E-state index in [1.165, 1.54) is 27.7 Å². The van der Waals surface area contributed by atoms with Crippen molar-refractivity contribution in [3.05, 3.63) is 200 Å². The molecule has 3 heterocycles. The Morgan fingerprint density at radius 3 is 1.95 bits per heavy atom. The van der Waals surface area contributed by atoms with E-state index in [1.807, 2.05) is 18.2 Å². The van der Waals surface area contributed by atoms with Crippen LogP contribution in [-0.4, -0.2) is 21.0 Å². The minimum atomic E-state index is 0.196. The summed E-state index contributed by atoms with van der Waals surface area (Å²) in [5, 5.41) is 6.77. The molecule has 5 heteroatoms. The van der Waals surface area contributed by atoms with E-state index in [1.54, 1.807) is 0 Å². The fourth-order valence-electron chi connectivity index (χ4n) is 9.18. The topological polar surface area (TPSA) is 55.1 Å². The molecule has 0 radical (unpaired) electrons. The Bertz CT molecular complexity index is 3310. The number of fused-ring (bicyclic) bond motifs is 8. The first-order valence-electron chi connectivity index (χ1n) is 19.8. The smallest absolute Gasteiger partial charge is 0.164 e. The normalized spacial score (nSPS) is 15.8. The van der Waals surface area contributed by atoms with Gasteiger partial charge in [-0.05, 0) is 92.8 Å². The molecular formula is C53H34N4O. The molecule has 8 aromatic carbocycles. The quantitative estimate of drug-likeness (QED) is 0.176. The number of furan rings is 1. The van der Waals surface area contributed by atoms with Gasteiger partial charge < -0.3 is 9.32 Å². The third kappa shape index (κ3) is 5.14. The Labute approximate surface area is 334 Å². The van der Waals surface area contributed by atoms with E-state index < -0.39 is 0 Å². The molecule has 10 aromatic rings. The Morgan fingerprint density at radius 2 is 1.12 bits per heavy atom. The highest BCUT2D eigenvalue weighted by molar-refractivity contribution is 6.18. The zero-order valence-corrected chi connectivity index (χ0v) is 31.3. The van der Waals surface area contributed by atoms with Crippen LogP contribution in [0.5, 0.6) is 0 Å². The first-order valence-corrected chi connectivity index (χ1v) is 19.8. The summed E-state index contributed by atoms with van der Waals surface area (Å²) in [5.74, 6) is 2.13. The summed E-state index contributed by atoms with van der Waals surface area (Å²) in [6.45, 7) is 0. The molecule has 58 heavy (non-hydrogen) atoms. The van der Waals surface area contributed by atoms with Crippen molar-refractivity contribution < 1.29 is 4.42 Å². The van der Waals surface area contributed by atoms with Gasteiger partial charge in [0, 0.05) is 44.8 Å². The predicted octanol–water partition coefficient (Wildman–Crippen LogP) is 13.5. The van der Waals surface area contributed by atoms with Crippen LogP contribution in [-0.2, 0) is 0 Å². The van der Waals surface area contributed by atoms with Crippen LogP contribution in [0.4, 0.5) is 11.4 Å². The lowest BCUT2D eigenvalue weighted by molar-refractivity contribution is 0.669. The summed E-state index contributed by atoms with van der Waals surface area (Å²) in [7, 11) is 0. The number of benzene rings is 8. The molecule has 0 bridgehead atoms. The van der Waals surface area contributed by atoms with E-state index in [2.05, 4.69) is 181 Å². The number of allylic oxidation sites excluding steroid dienone is 2. The first-order chi connectivity index (χ1) is 28.7. The van der Waals surface area contributed by atoms with Crippen molar-refractivity contribution in [1.82, 2.24) is 15.0 Å². The maximum absolute atomic E-state index is 6.49. The average Bonchev–Trinajstić information content (AvgIpc) is 3.83. The SMILES string of the molecule is C1=CC2c3cc(-c4nc(-c5ccccc5)nc(-c5ccc(-c6cccc7oc8cc9ccccc9cc8c67)c6ccccc56)n4)ccc3N(c3ccccc3)C2C=C1. The van der Waals surface area contributed by atoms with Crippen molar-refractivity contribution in [1.29, 1.82) is 0 Å². The maximum atomic E-state index is 6.49. The number of hydrogen-bond acceptors (Lipinski definition) is 5. The number of aromatic nitrogens is 3. The number of nitrogens with zero attached hydrogens (tertiary/aromatic N) is 4. The third-order valence-electron chi connectivity index (χ3n) is 11.8. The molecule has 2 atom stereocenters. The van der Waals surface area contributed by atoms with E-state index in [-0.39, 0.29) is 12.0 Å². The van der Waals surface area contributed by atoms with Crippen LogP contribution >= 0.6 is 0 Å². The lowest BCUT2D eigenvalue weighted by Gasteiger charge is -2.28. The van der Waals surface area contributed by atoms with Crippen LogP contribution in [0, 0.1) is 0 Å². The van der Waals surface area contributed by atoms with Gasteiger partial charge in [-0.1, -0.05) is 140 Å². The van der Waals surface area contributed by atoms with E-state index in [9.17, 15) is 0 Å². The van der Waals surface area contributed by atoms with Crippen LogP contribution < -0.4 is 4.90 Å². The third-order valence-corrected chi connectivity index (χ3v) is 11.8. The van der Waals surface area contributed by atoms with Gasteiger partial charge in [-0.15, -0.1) is 0 Å². The van der Waals surface area contributed by atoms with Crippen molar-refractivity contribution in [2.45, 2.75) is 12.0 Å². The van der Waals surface area contributed by atoms with Crippen molar-refractivity contribution in [3.63, 3.8) is 0 Å². The molecule has 12 rings (SSSR count). The highest BCUT2D eigenvalue weighted by Gasteiger charge is 2.37. The number of rotatable bonds is 5. The molecule has 2 aromatic heterocycles. The molecule has 1 aliphatic carbocycles. The lowest BCUT2D eigenvalue weighted by atomic mass is 9.90. The van der Waals surface area contributed by atoms with Gasteiger partial charge in [0.15, 0.2) is 17.5 Å². The van der Waals surface area contributed by atoms with Crippen LogP contribution in [0.2, 0.25) is 0 Å². The summed E-state index contributed by atoms with van der Waals surface area (Å²) in [6, 6.07) is 59.9. The Kier molecular flexibility index (Phi) is 7.29. The molecule has 2 aliphatic rings. The van der Waals surface area contributed by atoms with Gasteiger partial charge in [0.1, 0.15) is 11.2 Å². The van der Waals surface area contributed by atoms with E-state index in [0.717, 1.165) is 60.5 Å². The second-order valence-electron chi connectivity index (χ2n) is 15.1. The second kappa shape index (κ2) is 13.0. The maximum Gasteiger partial charge on any atom is 0.164 e. The summed E-state index contributed by atoms with van der Waals surface area (Å²) in [6.07, 6.45) is 8.93. The molecule has 0 saturated heterocycles. The molecule has 0 N–H and O–H groups in total. The second-order valence-corrected chi connectivity index (χ2v) is 15.1. The molecule has 272 valence electrons. The molecule has 0 amide bonds. The minimum absolute atomic E-state index is 0.196. The Hall–Kier alpha value is -7.63. The van der Waals surface area contributed by atoms with Gasteiger partial charge in [-0.25, -0.2) is 15.0 Å². The van der Waals surface area contributed by atoms with Gasteiger partial charge in [0.05, 0.1) is 6.04 Å². The molecule has 1 aliphatic heterocycles. The highest BCUT2D eigenvalue weighted by Crippen LogP contribution is 2.49. The van der Waals surface area contributed by atoms with Crippen LogP contribution in [0.25, 0.3) is 88.8 Å². The molecule has 2 unspecified atom stereocenters. The molecular weight excluding hydrogens is 709 g/mol. The summed E-state index contributed by atoms with van der Waals surface area (Å²) in [5.41, 5.74) is 10.5. The van der Waals surface area contributed by atoms with E-state index in [4.69, 9.17) is 19.4 Å². The fourth-order valence-corrected chi connectivity index (χ4v) is 9.18. The van der Waals surface area contributed by atoms with Crippen molar-refractivity contribution in [2.24, 2.45) is 0 Å². The summed E-state index contributed by atoms with van der Waals surface area (Å²) >= 11 is 0. The van der Waals surface area contributed by atoms with E-state index in [0.29, 0.717) is 17.5 Å². The van der Waals surface area contributed by atoms with Crippen LogP contribution in [0.15, 0.2) is 199 Å². The van der Waals surface area contributed by atoms with Crippen LogP contribution in [0.1, 0.15) is 11.5 Å². The molecule has 0 fully saturated rings. The fraction of sp³-hybridized carbons (Fsp3) is 0.0377. The van der Waals surface area contributed by atoms with Crippen molar-refractivity contribution in [3.8, 4) is 45.3 Å². The number of hydrogen-bond donors (Lipinski definition) is 0. The van der Waals surface area contributed by atoms with Crippen molar-refractivity contribution in [2.75, 3.05) is 4.90 Å². The lowest BCUT2D eigenvalue weighted by Crippen LogP contribution is -2.28. The average molecular weight is 743 g/mol. The summed E-state index contributed by atoms with van der Waals surface area (Å²) in [4.78, 5) is 18.1. The van der Waals surface area contributed by atoms with Gasteiger partial charge >= 0.3 is 0 Å². The highest BCUT2D eigenvalue weighted by atomic mass is 16.3. The van der Waals surface area contributed by atoms with Gasteiger partial charge in [0.25, 0.3) is 0 Å². The minimum Gasteiger partial charge on any atom is -0.456 e. The molecule has 5 nitrogen and oxygen atoms in total. The zero-order chi connectivity index (χ0) is 38.2. The van der Waals surface area contributed by atoms with Gasteiger partial charge in [0.2, 0.25) is 0 Å². The zero-order valence-electron chi connectivity index (χ0n) is 31.3. The molecule has 0 spiro atoms. The van der Waals surface area contributed by atoms with E-state index >= 15 is 0 Å². The molecule has 0 saturated carbocycles.